The predicted octanol–water partition coefficient (Wildman–Crippen LogP) is 1.31. The molecule has 9 nitrogen and oxygen atoms in total. The first-order chi connectivity index (χ1) is 13.6. The number of anilines is 1. The summed E-state index contributed by atoms with van der Waals surface area (Å²) in [6, 6.07) is 4.73. The third-order valence-electron chi connectivity index (χ3n) is 5.84. The molecule has 0 aliphatic carbocycles. The molecule has 1 saturated heterocycles. The number of aromatic nitrogens is 2. The van der Waals surface area contributed by atoms with Crippen LogP contribution < -0.4 is 11.1 Å². The number of carbonyl (C=O) groups excluding carboxylic acids is 2. The van der Waals surface area contributed by atoms with Crippen molar-refractivity contribution in [3.05, 3.63) is 41.2 Å². The highest BCUT2D eigenvalue weighted by molar-refractivity contribution is 7.89. The number of amides is 2. The average molecular weight is 417 g/mol. The Balaban J connectivity index is 1.65. The Morgan fingerprint density at radius 1 is 1.34 bits per heavy atom. The summed E-state index contributed by atoms with van der Waals surface area (Å²) in [4.78, 5) is 23.9. The largest absolute Gasteiger partial charge is 0.365 e. The van der Waals surface area contributed by atoms with Crippen molar-refractivity contribution in [1.82, 2.24) is 14.5 Å². The average Bonchev–Trinajstić information content (AvgIpc) is 3.25. The van der Waals surface area contributed by atoms with Crippen molar-refractivity contribution in [1.29, 1.82) is 0 Å². The summed E-state index contributed by atoms with van der Waals surface area (Å²) >= 11 is 0. The lowest BCUT2D eigenvalue weighted by Gasteiger charge is -2.32. The molecule has 1 atom stereocenters. The van der Waals surface area contributed by atoms with E-state index in [0.717, 1.165) is 6.42 Å². The molecule has 2 aliphatic rings. The Hall–Kier alpha value is -2.72. The van der Waals surface area contributed by atoms with Crippen LogP contribution in [0.5, 0.6) is 0 Å². The van der Waals surface area contributed by atoms with E-state index >= 15 is 0 Å². The summed E-state index contributed by atoms with van der Waals surface area (Å²) < 4.78 is 28.1. The van der Waals surface area contributed by atoms with Gasteiger partial charge in [0.1, 0.15) is 0 Å². The van der Waals surface area contributed by atoms with Crippen molar-refractivity contribution in [3.63, 3.8) is 0 Å². The lowest BCUT2D eigenvalue weighted by molar-refractivity contribution is -0.119. The summed E-state index contributed by atoms with van der Waals surface area (Å²) in [6.07, 6.45) is 2.75. The molecule has 3 heterocycles. The second-order valence-electron chi connectivity index (χ2n) is 8.05. The minimum atomic E-state index is -3.76. The molecule has 1 fully saturated rings. The topological polar surface area (TPSA) is 138 Å². The smallest absolute Gasteiger partial charge is 0.252 e. The molecule has 0 saturated carbocycles. The van der Waals surface area contributed by atoms with Crippen molar-refractivity contribution >= 4 is 27.5 Å². The summed E-state index contributed by atoms with van der Waals surface area (Å²) in [6.45, 7) is 4.15. The van der Waals surface area contributed by atoms with Crippen LogP contribution in [0, 0.1) is 0 Å². The number of nitrogens with zero attached hydrogens (tertiary/aromatic N) is 2. The van der Waals surface area contributed by atoms with Crippen molar-refractivity contribution in [3.8, 4) is 0 Å². The summed E-state index contributed by atoms with van der Waals surface area (Å²) in [5.41, 5.74) is 6.78. The first kappa shape index (κ1) is 19.6. The number of H-pyrrole nitrogens is 1. The van der Waals surface area contributed by atoms with E-state index in [2.05, 4.69) is 15.5 Å². The van der Waals surface area contributed by atoms with Gasteiger partial charge in [0.15, 0.2) is 0 Å². The fraction of sp³-hybridized carbons (Fsp3) is 0.421. The van der Waals surface area contributed by atoms with Crippen LogP contribution in [0.25, 0.3) is 0 Å². The van der Waals surface area contributed by atoms with E-state index in [0.29, 0.717) is 29.9 Å². The molecule has 29 heavy (non-hydrogen) atoms. The van der Waals surface area contributed by atoms with Crippen LogP contribution in [0.15, 0.2) is 29.3 Å². The number of nitrogens with one attached hydrogen (secondary N) is 2. The number of piperidine rings is 1. The van der Waals surface area contributed by atoms with Crippen molar-refractivity contribution in [2.24, 2.45) is 5.73 Å². The van der Waals surface area contributed by atoms with Crippen LogP contribution in [0.1, 0.15) is 54.2 Å². The van der Waals surface area contributed by atoms with E-state index in [1.165, 1.54) is 16.6 Å². The normalized spacial score (nSPS) is 21.6. The number of benzene rings is 1. The Morgan fingerprint density at radius 2 is 2.10 bits per heavy atom. The Bertz CT molecular complexity index is 1110. The van der Waals surface area contributed by atoms with Crippen molar-refractivity contribution < 1.29 is 18.0 Å². The number of sulfonamides is 1. The molecule has 1 aromatic heterocycles. The molecule has 10 heteroatoms. The first-order valence-corrected chi connectivity index (χ1v) is 10.9. The highest BCUT2D eigenvalue weighted by Gasteiger charge is 2.40. The Kier molecular flexibility index (Phi) is 4.50. The number of rotatable bonds is 4. The third-order valence-corrected chi connectivity index (χ3v) is 7.71. The predicted molar refractivity (Wildman–Crippen MR) is 106 cm³/mol. The molecular weight excluding hydrogens is 394 g/mol. The number of hydrogen-bond donors (Lipinski definition) is 3. The molecule has 4 N–H and O–H groups in total. The van der Waals surface area contributed by atoms with Crippen LogP contribution in [0.3, 0.4) is 0 Å². The summed E-state index contributed by atoms with van der Waals surface area (Å²) in [5, 5.41) is 9.48. The van der Waals surface area contributed by atoms with E-state index in [1.54, 1.807) is 26.0 Å². The Labute approximate surface area is 168 Å². The molecule has 0 spiro atoms. The number of carbonyl (C=O) groups is 2. The maximum absolute atomic E-state index is 13.3. The van der Waals surface area contributed by atoms with E-state index < -0.39 is 21.3 Å². The van der Waals surface area contributed by atoms with Gasteiger partial charge in [-0.2, -0.15) is 9.40 Å². The number of nitrogens with two attached hydrogens (primary N) is 1. The monoisotopic (exact) mass is 417 g/mol. The van der Waals surface area contributed by atoms with Gasteiger partial charge in [0.05, 0.1) is 27.8 Å². The molecule has 1 aromatic carbocycles. The molecular formula is C19H23N5O4S. The number of fused-ring (bicyclic) bond motifs is 1. The molecule has 0 bridgehead atoms. The van der Waals surface area contributed by atoms with Gasteiger partial charge in [0, 0.05) is 24.7 Å². The summed E-state index contributed by atoms with van der Waals surface area (Å²) in [5.74, 6) is -0.942. The Morgan fingerprint density at radius 3 is 2.83 bits per heavy atom. The molecule has 2 amide bonds. The zero-order valence-electron chi connectivity index (χ0n) is 16.2. The van der Waals surface area contributed by atoms with Crippen LogP contribution in [0.4, 0.5) is 5.69 Å². The molecule has 2 aliphatic heterocycles. The van der Waals surface area contributed by atoms with E-state index in [4.69, 9.17) is 5.73 Å². The highest BCUT2D eigenvalue weighted by Crippen LogP contribution is 2.39. The van der Waals surface area contributed by atoms with Gasteiger partial charge in [0.2, 0.25) is 15.9 Å². The van der Waals surface area contributed by atoms with Crippen molar-refractivity contribution in [2.45, 2.75) is 42.9 Å². The van der Waals surface area contributed by atoms with Crippen LogP contribution in [-0.2, 0) is 20.2 Å². The second-order valence-corrected chi connectivity index (χ2v) is 9.99. The lowest BCUT2D eigenvalue weighted by atomic mass is 9.86. The second kappa shape index (κ2) is 6.67. The maximum atomic E-state index is 13.3. The maximum Gasteiger partial charge on any atom is 0.252 e. The van der Waals surface area contributed by atoms with Gasteiger partial charge in [-0.05, 0) is 50.5 Å². The quantitative estimate of drug-likeness (QED) is 0.688. The standard InChI is InChI=1S/C19H23N5O4S/c1-19(2)14-8-12(5-6-15(14)22-18(19)26)29(27,28)24-7-3-4-11(10-24)16-13(17(20)25)9-21-23-16/h5-6,8-9,11H,3-4,7,10H2,1-2H3,(H2,20,25)(H,21,23)(H,22,26)/t11-/m0/s1. The molecule has 4 rings (SSSR count). The van der Waals surface area contributed by atoms with Gasteiger partial charge < -0.3 is 11.1 Å². The molecule has 2 aromatic rings. The number of hydrogen-bond acceptors (Lipinski definition) is 5. The zero-order valence-corrected chi connectivity index (χ0v) is 17.0. The van der Waals surface area contributed by atoms with Crippen LogP contribution in [-0.4, -0.2) is 47.8 Å². The minimum absolute atomic E-state index is 0.154. The minimum Gasteiger partial charge on any atom is -0.365 e. The van der Waals surface area contributed by atoms with E-state index in [-0.39, 0.29) is 28.8 Å². The fourth-order valence-corrected chi connectivity index (χ4v) is 5.61. The molecule has 0 radical (unpaired) electrons. The lowest BCUT2D eigenvalue weighted by Crippen LogP contribution is -2.39. The summed E-state index contributed by atoms with van der Waals surface area (Å²) in [7, 11) is -3.76. The van der Waals surface area contributed by atoms with Crippen molar-refractivity contribution in [2.75, 3.05) is 18.4 Å². The molecule has 154 valence electrons. The van der Waals surface area contributed by atoms with Gasteiger partial charge in [-0.25, -0.2) is 8.42 Å². The first-order valence-electron chi connectivity index (χ1n) is 9.41. The van der Waals surface area contributed by atoms with Crippen LogP contribution >= 0.6 is 0 Å². The van der Waals surface area contributed by atoms with Gasteiger partial charge in [0.25, 0.3) is 5.91 Å². The molecule has 0 unspecified atom stereocenters. The van der Waals surface area contributed by atoms with Crippen LogP contribution in [0.2, 0.25) is 0 Å². The number of aromatic amines is 1. The van der Waals surface area contributed by atoms with Gasteiger partial charge >= 0.3 is 0 Å². The SMILES string of the molecule is CC1(C)C(=O)Nc2ccc(S(=O)(=O)N3CCC[C@H](c4[nH]ncc4C(N)=O)C3)cc21. The highest BCUT2D eigenvalue weighted by atomic mass is 32.2. The van der Waals surface area contributed by atoms with Gasteiger partial charge in [-0.15, -0.1) is 0 Å². The number of primary amides is 1. The van der Waals surface area contributed by atoms with E-state index in [9.17, 15) is 18.0 Å². The fourth-order valence-electron chi connectivity index (χ4n) is 4.06. The van der Waals surface area contributed by atoms with Gasteiger partial charge in [-0.1, -0.05) is 0 Å². The van der Waals surface area contributed by atoms with Gasteiger partial charge in [-0.3, -0.25) is 14.7 Å². The zero-order chi connectivity index (χ0) is 21.0. The third kappa shape index (κ3) is 3.12. The van der Waals surface area contributed by atoms with E-state index in [1.807, 2.05) is 0 Å².